The van der Waals surface area contributed by atoms with Crippen LogP contribution in [0.2, 0.25) is 0 Å². The van der Waals surface area contributed by atoms with Crippen molar-refractivity contribution in [2.75, 3.05) is 26.2 Å². The molecule has 51 heavy (non-hydrogen) atoms. The number of amides is 3. The maximum atomic E-state index is 14.0. The van der Waals surface area contributed by atoms with E-state index in [9.17, 15) is 24.0 Å². The summed E-state index contributed by atoms with van der Waals surface area (Å²) < 4.78 is 14.0. The Morgan fingerprint density at radius 2 is 1.61 bits per heavy atom. The van der Waals surface area contributed by atoms with Gasteiger partial charge in [-0.3, -0.25) is 14.4 Å². The highest BCUT2D eigenvalue weighted by Gasteiger charge is 2.46. The second-order valence-electron chi connectivity index (χ2n) is 13.1. The maximum absolute atomic E-state index is 14.0. The number of benzene rings is 3. The number of tetrazole rings is 1. The average molecular weight is 692 g/mol. The van der Waals surface area contributed by atoms with Gasteiger partial charge in [-0.05, 0) is 117 Å². The molecule has 2 atom stereocenters. The molecule has 1 saturated heterocycles. The second kappa shape index (κ2) is 15.6. The van der Waals surface area contributed by atoms with E-state index in [4.69, 9.17) is 0 Å². The first-order valence-corrected chi connectivity index (χ1v) is 17.5. The Morgan fingerprint density at radius 3 is 2.16 bits per heavy atom. The highest BCUT2D eigenvalue weighted by Crippen LogP contribution is 2.47. The SMILES string of the molecule is CCNC(=O)c1ccc2c(c1)CCc1cc(C(=O)NCC)ccc1C2(C[C@H](Cc1ccc(F)cc1)NCC(=O)N1CCC[C@H]1C#N)c1nn[nH]n1. The molecule has 13 heteroatoms. The van der Waals surface area contributed by atoms with E-state index in [1.807, 2.05) is 38.1 Å². The van der Waals surface area contributed by atoms with E-state index in [0.29, 0.717) is 68.7 Å². The fourth-order valence-electron chi connectivity index (χ4n) is 7.57. The Bertz CT molecular complexity index is 1850. The minimum atomic E-state index is -1.06. The number of aryl methyl sites for hydroxylation is 2. The van der Waals surface area contributed by atoms with Gasteiger partial charge in [0.25, 0.3) is 11.8 Å². The van der Waals surface area contributed by atoms with Crippen molar-refractivity contribution in [1.29, 1.82) is 5.26 Å². The van der Waals surface area contributed by atoms with Crippen molar-refractivity contribution in [3.05, 3.63) is 111 Å². The third kappa shape index (κ3) is 7.37. The summed E-state index contributed by atoms with van der Waals surface area (Å²) in [6.07, 6.45) is 3.33. The standard InChI is InChI=1S/C38H42FN9O3/c1-3-41-35(50)27-11-15-32-25(19-27)9-10-26-20-28(36(51)42-4-2)12-16-33(26)38(32,37-44-46-47-45-37)21-30(18-24-7-13-29(39)14-8-24)43-23-34(49)48-17-5-6-31(48)22-40/h7-8,11-16,19-20,30-31,43H,3-6,9-10,17-18,21,23H2,1-2H3,(H,41,50)(H,42,51)(H,44,45,46,47)/t30-,31-/m0/s1. The number of fused-ring (bicyclic) bond motifs is 2. The van der Waals surface area contributed by atoms with Crippen molar-refractivity contribution in [1.82, 2.24) is 41.5 Å². The van der Waals surface area contributed by atoms with Crippen LogP contribution in [0.5, 0.6) is 0 Å². The number of halogens is 1. The normalized spacial score (nSPS) is 16.7. The number of nitriles is 1. The average Bonchev–Trinajstić information content (AvgIpc) is 3.84. The fraction of sp³-hybridized carbons (Fsp3) is 0.395. The van der Waals surface area contributed by atoms with Gasteiger partial charge in [0.2, 0.25) is 5.91 Å². The quantitative estimate of drug-likeness (QED) is 0.175. The zero-order valence-electron chi connectivity index (χ0n) is 28.8. The fourth-order valence-corrected chi connectivity index (χ4v) is 7.57. The molecule has 12 nitrogen and oxygen atoms in total. The van der Waals surface area contributed by atoms with Gasteiger partial charge in [0.15, 0.2) is 5.82 Å². The highest BCUT2D eigenvalue weighted by atomic mass is 19.1. The molecule has 6 rings (SSSR count). The van der Waals surface area contributed by atoms with Gasteiger partial charge in [-0.2, -0.15) is 10.5 Å². The molecule has 1 aliphatic heterocycles. The van der Waals surface area contributed by atoms with Crippen LogP contribution >= 0.6 is 0 Å². The van der Waals surface area contributed by atoms with Crippen LogP contribution < -0.4 is 16.0 Å². The molecule has 1 aromatic heterocycles. The van der Waals surface area contributed by atoms with E-state index in [1.165, 1.54) is 12.1 Å². The number of H-pyrrole nitrogens is 1. The number of hydrogen-bond acceptors (Lipinski definition) is 8. The predicted molar refractivity (Wildman–Crippen MR) is 187 cm³/mol. The number of aromatic amines is 1. The van der Waals surface area contributed by atoms with Crippen LogP contribution in [-0.4, -0.2) is 81.5 Å². The molecule has 2 aliphatic rings. The summed E-state index contributed by atoms with van der Waals surface area (Å²) in [5.41, 5.74) is 4.44. The number of carbonyl (C=O) groups is 3. The smallest absolute Gasteiger partial charge is 0.251 e. The Hall–Kier alpha value is -5.48. The molecule has 3 amide bonds. The number of aromatic nitrogens is 4. The topological polar surface area (TPSA) is 169 Å². The zero-order chi connectivity index (χ0) is 36.0. The highest BCUT2D eigenvalue weighted by molar-refractivity contribution is 5.95. The first-order valence-electron chi connectivity index (χ1n) is 17.5. The lowest BCUT2D eigenvalue weighted by atomic mass is 9.67. The van der Waals surface area contributed by atoms with Gasteiger partial charge in [-0.25, -0.2) is 4.39 Å². The van der Waals surface area contributed by atoms with Crippen LogP contribution in [0.4, 0.5) is 4.39 Å². The molecule has 0 saturated carbocycles. The minimum absolute atomic E-state index is 0.0155. The summed E-state index contributed by atoms with van der Waals surface area (Å²) in [6, 6.07) is 19.0. The van der Waals surface area contributed by atoms with E-state index >= 15 is 0 Å². The van der Waals surface area contributed by atoms with Gasteiger partial charge >= 0.3 is 0 Å². The van der Waals surface area contributed by atoms with Crippen LogP contribution in [0.15, 0.2) is 60.7 Å². The monoisotopic (exact) mass is 691 g/mol. The van der Waals surface area contributed by atoms with Gasteiger partial charge in [0.05, 0.1) is 18.0 Å². The summed E-state index contributed by atoms with van der Waals surface area (Å²) in [5, 5.41) is 34.7. The first-order chi connectivity index (χ1) is 24.8. The van der Waals surface area contributed by atoms with Gasteiger partial charge in [-0.1, -0.05) is 29.5 Å². The molecule has 0 unspecified atom stereocenters. The lowest BCUT2D eigenvalue weighted by Gasteiger charge is -2.37. The van der Waals surface area contributed by atoms with E-state index in [2.05, 4.69) is 42.6 Å². The lowest BCUT2D eigenvalue weighted by Crippen LogP contribution is -2.47. The molecule has 264 valence electrons. The van der Waals surface area contributed by atoms with Crippen molar-refractivity contribution in [3.8, 4) is 6.07 Å². The largest absolute Gasteiger partial charge is 0.352 e. The Balaban J connectivity index is 1.50. The number of nitrogens with one attached hydrogen (secondary N) is 4. The van der Waals surface area contributed by atoms with Crippen molar-refractivity contribution in [3.63, 3.8) is 0 Å². The van der Waals surface area contributed by atoms with Gasteiger partial charge in [-0.15, -0.1) is 10.2 Å². The third-order valence-electron chi connectivity index (χ3n) is 9.93. The number of likely N-dealkylation sites (tertiary alicyclic amines) is 1. The van der Waals surface area contributed by atoms with Gasteiger partial charge in [0.1, 0.15) is 11.9 Å². The molecule has 0 radical (unpaired) electrons. The Labute approximate surface area is 296 Å². The first kappa shape index (κ1) is 35.3. The summed E-state index contributed by atoms with van der Waals surface area (Å²) in [6.45, 7) is 5.22. The summed E-state index contributed by atoms with van der Waals surface area (Å²) in [4.78, 5) is 41.2. The molecule has 1 fully saturated rings. The van der Waals surface area contributed by atoms with Crippen molar-refractivity contribution >= 4 is 17.7 Å². The van der Waals surface area contributed by atoms with E-state index in [0.717, 1.165) is 34.2 Å². The van der Waals surface area contributed by atoms with Gasteiger partial charge in [0, 0.05) is 36.8 Å². The lowest BCUT2D eigenvalue weighted by molar-refractivity contribution is -0.130. The molecular formula is C38H42FN9O3. The number of rotatable bonds is 12. The molecular weight excluding hydrogens is 649 g/mol. The Morgan fingerprint density at radius 1 is 0.980 bits per heavy atom. The third-order valence-corrected chi connectivity index (χ3v) is 9.93. The molecule has 1 aliphatic carbocycles. The number of hydrogen-bond donors (Lipinski definition) is 4. The minimum Gasteiger partial charge on any atom is -0.352 e. The molecule has 0 bridgehead atoms. The second-order valence-corrected chi connectivity index (χ2v) is 13.1. The van der Waals surface area contributed by atoms with Crippen LogP contribution in [0.25, 0.3) is 0 Å². The van der Waals surface area contributed by atoms with E-state index < -0.39 is 17.5 Å². The van der Waals surface area contributed by atoms with E-state index in [-0.39, 0.29) is 30.1 Å². The molecule has 4 aromatic rings. The maximum Gasteiger partial charge on any atom is 0.251 e. The molecule has 4 N–H and O–H groups in total. The van der Waals surface area contributed by atoms with Crippen LogP contribution in [0.1, 0.15) is 87.5 Å². The number of carbonyl (C=O) groups excluding carboxylic acids is 3. The van der Waals surface area contributed by atoms with Crippen LogP contribution in [0, 0.1) is 17.1 Å². The summed E-state index contributed by atoms with van der Waals surface area (Å²) in [7, 11) is 0. The zero-order valence-corrected chi connectivity index (χ0v) is 28.8. The van der Waals surface area contributed by atoms with E-state index in [1.54, 1.807) is 29.2 Å². The van der Waals surface area contributed by atoms with Crippen LogP contribution in [-0.2, 0) is 29.5 Å². The predicted octanol–water partition coefficient (Wildman–Crippen LogP) is 3.38. The summed E-state index contributed by atoms with van der Waals surface area (Å²) in [5.74, 6) is -0.493. The van der Waals surface area contributed by atoms with Gasteiger partial charge < -0.3 is 20.9 Å². The molecule has 2 heterocycles. The van der Waals surface area contributed by atoms with Crippen LogP contribution in [0.3, 0.4) is 0 Å². The molecule has 3 aromatic carbocycles. The summed E-state index contributed by atoms with van der Waals surface area (Å²) >= 11 is 0. The number of nitrogens with zero attached hydrogens (tertiary/aromatic N) is 5. The van der Waals surface area contributed by atoms with Crippen molar-refractivity contribution < 1.29 is 18.8 Å². The van der Waals surface area contributed by atoms with Crippen molar-refractivity contribution in [2.45, 2.75) is 69.9 Å². The Kier molecular flexibility index (Phi) is 10.8. The molecule has 0 spiro atoms. The van der Waals surface area contributed by atoms with Crippen molar-refractivity contribution in [2.24, 2.45) is 0 Å².